The van der Waals surface area contributed by atoms with Crippen molar-refractivity contribution in [2.24, 2.45) is 0 Å². The fourth-order valence-electron chi connectivity index (χ4n) is 2.12. The molecule has 1 unspecified atom stereocenters. The second-order valence-corrected chi connectivity index (χ2v) is 5.21. The first kappa shape index (κ1) is 16.6. The molecule has 2 nitrogen and oxygen atoms in total. The Morgan fingerprint density at radius 2 is 2.10 bits per heavy atom. The molecular weight excluding hydrogens is 246 g/mol. The average Bonchev–Trinajstić information content (AvgIpc) is 2.42. The molecule has 0 aromatic heterocycles. The van der Waals surface area contributed by atoms with Crippen LogP contribution in [0.2, 0.25) is 0 Å². The molecule has 0 saturated heterocycles. The van der Waals surface area contributed by atoms with Gasteiger partial charge < -0.3 is 10.1 Å². The van der Waals surface area contributed by atoms with Crippen LogP contribution in [0, 0.1) is 11.8 Å². The van der Waals surface area contributed by atoms with E-state index >= 15 is 0 Å². The highest BCUT2D eigenvalue weighted by Gasteiger charge is 2.11. The summed E-state index contributed by atoms with van der Waals surface area (Å²) in [6, 6.07) is 8.75. The largest absolute Gasteiger partial charge is 0.491 e. The molecule has 20 heavy (non-hydrogen) atoms. The molecule has 0 aliphatic carbocycles. The summed E-state index contributed by atoms with van der Waals surface area (Å²) in [7, 11) is 0. The van der Waals surface area contributed by atoms with Crippen molar-refractivity contribution >= 4 is 0 Å². The van der Waals surface area contributed by atoms with Crippen LogP contribution in [0.15, 0.2) is 24.3 Å². The maximum Gasteiger partial charge on any atom is 0.120 e. The fourth-order valence-corrected chi connectivity index (χ4v) is 2.12. The Balaban J connectivity index is 2.78. The molecule has 0 saturated carbocycles. The zero-order valence-corrected chi connectivity index (χ0v) is 13.2. The van der Waals surface area contributed by atoms with Gasteiger partial charge in [-0.2, -0.15) is 0 Å². The summed E-state index contributed by atoms with van der Waals surface area (Å²) in [5.41, 5.74) is 1.29. The van der Waals surface area contributed by atoms with Gasteiger partial charge in [0.1, 0.15) is 5.75 Å². The highest BCUT2D eigenvalue weighted by atomic mass is 16.5. The SMILES string of the molecule is CC#CCCC(NCCC)c1cccc(OC(C)C)c1. The molecule has 0 aliphatic heterocycles. The standard InChI is InChI=1S/C18H27NO/c1-5-7-8-12-18(19-13-6-2)16-10-9-11-17(14-16)20-15(3)4/h9-11,14-15,18-19H,6,8,12-13H2,1-4H3. The first-order valence-electron chi connectivity index (χ1n) is 7.57. The summed E-state index contributed by atoms with van der Waals surface area (Å²) < 4.78 is 5.78. The van der Waals surface area contributed by atoms with Crippen LogP contribution in [-0.2, 0) is 0 Å². The zero-order valence-electron chi connectivity index (χ0n) is 13.2. The summed E-state index contributed by atoms with van der Waals surface area (Å²) in [6.07, 6.45) is 3.30. The van der Waals surface area contributed by atoms with Gasteiger partial charge in [0.2, 0.25) is 0 Å². The highest BCUT2D eigenvalue weighted by molar-refractivity contribution is 5.31. The highest BCUT2D eigenvalue weighted by Crippen LogP contribution is 2.23. The number of ether oxygens (including phenoxy) is 1. The van der Waals surface area contributed by atoms with Crippen molar-refractivity contribution in [3.05, 3.63) is 29.8 Å². The van der Waals surface area contributed by atoms with Crippen LogP contribution in [0.1, 0.15) is 58.6 Å². The zero-order chi connectivity index (χ0) is 14.8. The van der Waals surface area contributed by atoms with Crippen molar-refractivity contribution in [3.63, 3.8) is 0 Å². The predicted molar refractivity (Wildman–Crippen MR) is 85.9 cm³/mol. The van der Waals surface area contributed by atoms with E-state index in [0.29, 0.717) is 6.04 Å². The van der Waals surface area contributed by atoms with Crippen molar-refractivity contribution in [3.8, 4) is 17.6 Å². The van der Waals surface area contributed by atoms with Crippen molar-refractivity contribution in [2.45, 2.75) is 59.1 Å². The molecule has 0 bridgehead atoms. The van der Waals surface area contributed by atoms with E-state index in [2.05, 4.69) is 56.1 Å². The van der Waals surface area contributed by atoms with E-state index in [1.54, 1.807) is 0 Å². The van der Waals surface area contributed by atoms with Crippen LogP contribution in [0.4, 0.5) is 0 Å². The number of rotatable bonds is 8. The van der Waals surface area contributed by atoms with Gasteiger partial charge in [0, 0.05) is 12.5 Å². The summed E-state index contributed by atoms with van der Waals surface area (Å²) in [5, 5.41) is 3.60. The third-order valence-corrected chi connectivity index (χ3v) is 3.01. The molecule has 1 aromatic carbocycles. The molecule has 0 heterocycles. The first-order valence-corrected chi connectivity index (χ1v) is 7.57. The molecule has 0 amide bonds. The van der Waals surface area contributed by atoms with E-state index in [4.69, 9.17) is 4.74 Å². The fraction of sp³-hybridized carbons (Fsp3) is 0.556. The van der Waals surface area contributed by atoms with Gasteiger partial charge in [-0.3, -0.25) is 0 Å². The Hall–Kier alpha value is -1.46. The molecule has 110 valence electrons. The minimum absolute atomic E-state index is 0.207. The van der Waals surface area contributed by atoms with Crippen molar-refractivity contribution in [1.82, 2.24) is 5.32 Å². The van der Waals surface area contributed by atoms with Crippen molar-refractivity contribution in [1.29, 1.82) is 0 Å². The molecule has 2 heteroatoms. The van der Waals surface area contributed by atoms with Crippen LogP contribution in [0.5, 0.6) is 5.75 Å². The number of nitrogens with one attached hydrogen (secondary N) is 1. The molecule has 0 aliphatic rings. The van der Waals surface area contributed by atoms with Gasteiger partial charge in [-0.25, -0.2) is 0 Å². The van der Waals surface area contributed by atoms with Gasteiger partial charge in [0.25, 0.3) is 0 Å². The van der Waals surface area contributed by atoms with Gasteiger partial charge in [0.15, 0.2) is 0 Å². The minimum Gasteiger partial charge on any atom is -0.491 e. The maximum atomic E-state index is 5.78. The van der Waals surface area contributed by atoms with Gasteiger partial charge >= 0.3 is 0 Å². The van der Waals surface area contributed by atoms with E-state index in [1.807, 2.05) is 13.0 Å². The van der Waals surface area contributed by atoms with Gasteiger partial charge in [0.05, 0.1) is 6.10 Å². The third-order valence-electron chi connectivity index (χ3n) is 3.01. The van der Waals surface area contributed by atoms with E-state index in [-0.39, 0.29) is 6.10 Å². The quantitative estimate of drug-likeness (QED) is 0.712. The first-order chi connectivity index (χ1) is 9.67. The topological polar surface area (TPSA) is 21.3 Å². The Bertz CT molecular complexity index is 442. The van der Waals surface area contributed by atoms with Gasteiger partial charge in [-0.1, -0.05) is 19.1 Å². The second-order valence-electron chi connectivity index (χ2n) is 5.21. The van der Waals surface area contributed by atoms with Gasteiger partial charge in [-0.05, 0) is 57.9 Å². The molecule has 0 spiro atoms. The second kappa shape index (κ2) is 9.44. The Morgan fingerprint density at radius 1 is 1.30 bits per heavy atom. The minimum atomic E-state index is 0.207. The van der Waals surface area contributed by atoms with Crippen LogP contribution >= 0.6 is 0 Å². The predicted octanol–water partition coefficient (Wildman–Crippen LogP) is 4.32. The number of hydrogen-bond donors (Lipinski definition) is 1. The van der Waals surface area contributed by atoms with Crippen LogP contribution in [0.3, 0.4) is 0 Å². The average molecular weight is 273 g/mol. The summed E-state index contributed by atoms with van der Waals surface area (Å²) in [5.74, 6) is 7.06. The molecule has 1 rings (SSSR count). The monoisotopic (exact) mass is 273 g/mol. The lowest BCUT2D eigenvalue weighted by Gasteiger charge is -2.19. The summed E-state index contributed by atoms with van der Waals surface area (Å²) in [6.45, 7) is 9.21. The Kier molecular flexibility index (Phi) is 7.84. The number of benzene rings is 1. The molecular formula is C18H27NO. The molecule has 1 atom stereocenters. The van der Waals surface area contributed by atoms with E-state index in [9.17, 15) is 0 Å². The lowest BCUT2D eigenvalue weighted by atomic mass is 10.0. The Morgan fingerprint density at radius 3 is 2.75 bits per heavy atom. The van der Waals surface area contributed by atoms with Crippen molar-refractivity contribution < 1.29 is 4.74 Å². The molecule has 1 N–H and O–H groups in total. The van der Waals surface area contributed by atoms with Gasteiger partial charge in [-0.15, -0.1) is 11.8 Å². The van der Waals surface area contributed by atoms with Crippen LogP contribution < -0.4 is 10.1 Å². The normalized spacial score (nSPS) is 11.8. The lowest BCUT2D eigenvalue weighted by Crippen LogP contribution is -2.22. The number of hydrogen-bond acceptors (Lipinski definition) is 2. The molecule has 0 fully saturated rings. The third kappa shape index (κ3) is 6.12. The smallest absolute Gasteiger partial charge is 0.120 e. The molecule has 0 radical (unpaired) electrons. The van der Waals surface area contributed by atoms with Crippen molar-refractivity contribution in [2.75, 3.05) is 6.54 Å². The molecule has 1 aromatic rings. The van der Waals surface area contributed by atoms with Crippen LogP contribution in [0.25, 0.3) is 0 Å². The van der Waals surface area contributed by atoms with E-state index in [1.165, 1.54) is 5.56 Å². The van der Waals surface area contributed by atoms with E-state index in [0.717, 1.165) is 31.6 Å². The summed E-state index contributed by atoms with van der Waals surface area (Å²) >= 11 is 0. The lowest BCUT2D eigenvalue weighted by molar-refractivity contribution is 0.242. The van der Waals surface area contributed by atoms with E-state index < -0.39 is 0 Å². The summed E-state index contributed by atoms with van der Waals surface area (Å²) in [4.78, 5) is 0. The van der Waals surface area contributed by atoms with Crippen LogP contribution in [-0.4, -0.2) is 12.6 Å². The Labute approximate surface area is 123 Å². The maximum absolute atomic E-state index is 5.78.